The van der Waals surface area contributed by atoms with Gasteiger partial charge in [0.2, 0.25) is 11.9 Å². The molecule has 2 aromatic heterocycles. The van der Waals surface area contributed by atoms with Crippen molar-refractivity contribution >= 4 is 29.5 Å². The normalized spacial score (nSPS) is 11.6. The lowest BCUT2D eigenvalue weighted by Gasteiger charge is -2.13. The van der Waals surface area contributed by atoms with E-state index in [0.717, 1.165) is 0 Å². The third kappa shape index (κ3) is 4.92. The summed E-state index contributed by atoms with van der Waals surface area (Å²) in [6.45, 7) is 1.83. The summed E-state index contributed by atoms with van der Waals surface area (Å²) in [5.74, 6) is 0.552. The van der Waals surface area contributed by atoms with E-state index in [1.807, 2.05) is 25.1 Å². The molecule has 0 bridgehead atoms. The lowest BCUT2D eigenvalue weighted by molar-refractivity contribution is -0.113. The molecule has 0 unspecified atom stereocenters. The highest BCUT2D eigenvalue weighted by Crippen LogP contribution is 2.19. The van der Waals surface area contributed by atoms with Crippen LogP contribution in [0.5, 0.6) is 0 Å². The molecule has 10 heteroatoms. The molecule has 0 aliphatic rings. The number of nitrogens with one attached hydrogen (secondary N) is 2. The van der Waals surface area contributed by atoms with E-state index < -0.39 is 0 Å². The number of carbonyl (C=O) groups excluding carboxylic acids is 2. The van der Waals surface area contributed by atoms with Gasteiger partial charge in [0.25, 0.3) is 5.91 Å². The third-order valence-corrected chi connectivity index (χ3v) is 4.81. The zero-order valence-electron chi connectivity index (χ0n) is 15.4. The lowest BCUT2D eigenvalue weighted by Crippen LogP contribution is -2.28. The monoisotopic (exact) mass is 397 g/mol. The Hall–Kier alpha value is -3.27. The summed E-state index contributed by atoms with van der Waals surface area (Å²) >= 11 is 1.24. The number of aromatic nitrogens is 5. The largest absolute Gasteiger partial charge is 0.342 e. The highest BCUT2D eigenvalue weighted by atomic mass is 32.2. The summed E-state index contributed by atoms with van der Waals surface area (Å²) in [7, 11) is 1.79. The van der Waals surface area contributed by atoms with Gasteiger partial charge in [-0.3, -0.25) is 14.9 Å². The fourth-order valence-corrected chi connectivity index (χ4v) is 3.14. The van der Waals surface area contributed by atoms with E-state index >= 15 is 0 Å². The molecule has 0 aliphatic heterocycles. The molecule has 3 aromatic rings. The average Bonchev–Trinajstić information content (AvgIpc) is 3.08. The molecule has 1 atom stereocenters. The summed E-state index contributed by atoms with van der Waals surface area (Å²) in [6, 6.07) is 10.3. The summed E-state index contributed by atoms with van der Waals surface area (Å²) < 4.78 is 1.76. The van der Waals surface area contributed by atoms with Crippen LogP contribution in [-0.2, 0) is 11.8 Å². The van der Waals surface area contributed by atoms with E-state index in [-0.39, 0.29) is 29.6 Å². The van der Waals surface area contributed by atoms with Gasteiger partial charge in [0.05, 0.1) is 11.8 Å². The van der Waals surface area contributed by atoms with Crippen LogP contribution in [0.3, 0.4) is 0 Å². The Morgan fingerprint density at radius 2 is 1.82 bits per heavy atom. The van der Waals surface area contributed by atoms with E-state index in [1.54, 1.807) is 42.2 Å². The van der Waals surface area contributed by atoms with Crippen molar-refractivity contribution < 1.29 is 9.59 Å². The van der Waals surface area contributed by atoms with Gasteiger partial charge >= 0.3 is 0 Å². The fourth-order valence-electron chi connectivity index (χ4n) is 2.42. The molecule has 0 radical (unpaired) electrons. The molecular weight excluding hydrogens is 378 g/mol. The van der Waals surface area contributed by atoms with Crippen molar-refractivity contribution in [1.82, 2.24) is 30.0 Å². The quantitative estimate of drug-likeness (QED) is 0.585. The molecule has 0 saturated heterocycles. The van der Waals surface area contributed by atoms with Crippen LogP contribution in [0.25, 0.3) is 0 Å². The van der Waals surface area contributed by atoms with E-state index in [9.17, 15) is 9.59 Å². The Balaban J connectivity index is 1.57. The van der Waals surface area contributed by atoms with Crippen LogP contribution in [0.15, 0.2) is 53.9 Å². The lowest BCUT2D eigenvalue weighted by atomic mass is 10.2. The first-order valence-electron chi connectivity index (χ1n) is 8.49. The van der Waals surface area contributed by atoms with E-state index in [2.05, 4.69) is 30.8 Å². The van der Waals surface area contributed by atoms with Crippen molar-refractivity contribution in [2.75, 3.05) is 11.1 Å². The third-order valence-electron chi connectivity index (χ3n) is 3.79. The topological polar surface area (TPSA) is 115 Å². The first-order chi connectivity index (χ1) is 13.5. The van der Waals surface area contributed by atoms with Gasteiger partial charge in [-0.05, 0) is 25.1 Å². The van der Waals surface area contributed by atoms with Crippen molar-refractivity contribution in [3.8, 4) is 0 Å². The molecule has 9 nitrogen and oxygen atoms in total. The van der Waals surface area contributed by atoms with Gasteiger partial charge in [0, 0.05) is 25.0 Å². The predicted molar refractivity (Wildman–Crippen MR) is 105 cm³/mol. The maximum Gasteiger partial charge on any atom is 0.251 e. The molecule has 3 rings (SSSR count). The number of amides is 2. The second-order valence-corrected chi connectivity index (χ2v) is 6.81. The van der Waals surface area contributed by atoms with Crippen molar-refractivity contribution in [1.29, 1.82) is 0 Å². The zero-order valence-corrected chi connectivity index (χ0v) is 16.2. The summed E-state index contributed by atoms with van der Waals surface area (Å²) in [6.07, 6.45) is 3.10. The number of benzene rings is 1. The standard InChI is InChI=1S/C18H19N7O2S/c1-12(21-16(27)13-7-4-3-5-8-13)15-23-24-18(25(15)2)28-11-14(26)22-17-19-9-6-10-20-17/h3-10,12H,11H2,1-2H3,(H,21,27)(H,19,20,22,26)/t12-/m0/s1. The summed E-state index contributed by atoms with van der Waals surface area (Å²) in [5.41, 5.74) is 0.575. The predicted octanol–water partition coefficient (Wildman–Crippen LogP) is 1.83. The molecule has 1 aromatic carbocycles. The van der Waals surface area contributed by atoms with Crippen molar-refractivity contribution in [2.24, 2.45) is 7.05 Å². The SMILES string of the molecule is C[C@H](NC(=O)c1ccccc1)c1nnc(SCC(=O)Nc2ncccn2)n1C. The van der Waals surface area contributed by atoms with Gasteiger partial charge in [-0.15, -0.1) is 10.2 Å². The van der Waals surface area contributed by atoms with Gasteiger partial charge < -0.3 is 9.88 Å². The Labute approximate surface area is 166 Å². The fraction of sp³-hybridized carbons (Fsp3) is 0.222. The molecule has 2 heterocycles. The molecule has 0 saturated carbocycles. The van der Waals surface area contributed by atoms with Crippen LogP contribution in [-0.4, -0.2) is 42.3 Å². The van der Waals surface area contributed by atoms with Gasteiger partial charge in [0.1, 0.15) is 0 Å². The van der Waals surface area contributed by atoms with Crippen molar-refractivity contribution in [3.05, 3.63) is 60.2 Å². The minimum atomic E-state index is -0.342. The molecule has 2 N–H and O–H groups in total. The van der Waals surface area contributed by atoms with Crippen LogP contribution in [0.1, 0.15) is 29.1 Å². The highest BCUT2D eigenvalue weighted by Gasteiger charge is 2.19. The van der Waals surface area contributed by atoms with Gasteiger partial charge in [-0.25, -0.2) is 9.97 Å². The van der Waals surface area contributed by atoms with Crippen molar-refractivity contribution in [2.45, 2.75) is 18.1 Å². The maximum atomic E-state index is 12.3. The van der Waals surface area contributed by atoms with E-state index in [0.29, 0.717) is 16.5 Å². The number of anilines is 1. The molecule has 0 fully saturated rings. The molecular formula is C18H19N7O2S. The summed E-state index contributed by atoms with van der Waals surface area (Å²) in [5, 5.41) is 14.3. The minimum Gasteiger partial charge on any atom is -0.342 e. The number of hydrogen-bond acceptors (Lipinski definition) is 7. The Kier molecular flexibility index (Phi) is 6.33. The molecule has 0 spiro atoms. The number of nitrogens with zero attached hydrogens (tertiary/aromatic N) is 5. The summed E-state index contributed by atoms with van der Waals surface area (Å²) in [4.78, 5) is 32.2. The average molecular weight is 397 g/mol. The van der Waals surface area contributed by atoms with E-state index in [1.165, 1.54) is 11.8 Å². The first kappa shape index (κ1) is 19.5. The number of rotatable bonds is 7. The molecule has 144 valence electrons. The molecule has 28 heavy (non-hydrogen) atoms. The smallest absolute Gasteiger partial charge is 0.251 e. The van der Waals surface area contributed by atoms with Gasteiger partial charge in [-0.2, -0.15) is 0 Å². The molecule has 2 amide bonds. The second-order valence-electron chi connectivity index (χ2n) is 5.87. The number of thioether (sulfide) groups is 1. The first-order valence-corrected chi connectivity index (χ1v) is 9.48. The molecule has 0 aliphatic carbocycles. The van der Waals surface area contributed by atoms with Gasteiger partial charge in [0.15, 0.2) is 11.0 Å². The van der Waals surface area contributed by atoms with Crippen LogP contribution < -0.4 is 10.6 Å². The minimum absolute atomic E-state index is 0.134. The maximum absolute atomic E-state index is 12.3. The van der Waals surface area contributed by atoms with Crippen LogP contribution in [0, 0.1) is 0 Å². The Morgan fingerprint density at radius 3 is 2.54 bits per heavy atom. The van der Waals surface area contributed by atoms with Crippen molar-refractivity contribution in [3.63, 3.8) is 0 Å². The zero-order chi connectivity index (χ0) is 19.9. The highest BCUT2D eigenvalue weighted by molar-refractivity contribution is 7.99. The second kappa shape index (κ2) is 9.09. The van der Waals surface area contributed by atoms with Crippen LogP contribution >= 0.6 is 11.8 Å². The van der Waals surface area contributed by atoms with Gasteiger partial charge in [-0.1, -0.05) is 30.0 Å². The Morgan fingerprint density at radius 1 is 1.11 bits per heavy atom. The van der Waals surface area contributed by atoms with Crippen LogP contribution in [0.4, 0.5) is 5.95 Å². The number of carbonyl (C=O) groups is 2. The van der Waals surface area contributed by atoms with E-state index in [4.69, 9.17) is 0 Å². The number of hydrogen-bond donors (Lipinski definition) is 2. The van der Waals surface area contributed by atoms with Crippen LogP contribution in [0.2, 0.25) is 0 Å². The Bertz CT molecular complexity index is 947.